The number of hydrogen-bond donors (Lipinski definition) is 0. The van der Waals surface area contributed by atoms with Crippen LogP contribution in [0.25, 0.3) is 0 Å². The average Bonchev–Trinajstić information content (AvgIpc) is 2.66. The van der Waals surface area contributed by atoms with E-state index in [0.717, 1.165) is 0 Å². The predicted octanol–water partition coefficient (Wildman–Crippen LogP) is 4.22. The van der Waals surface area contributed by atoms with E-state index in [1.807, 2.05) is 0 Å². The third-order valence-corrected chi connectivity index (χ3v) is 4.47. The van der Waals surface area contributed by atoms with E-state index in [4.69, 9.17) is 9.47 Å². The Morgan fingerprint density at radius 2 is 1.21 bits per heavy atom. The normalized spacial score (nSPS) is 17.4. The maximum atomic E-state index is 11.4. The lowest BCUT2D eigenvalue weighted by atomic mass is 9.98. The second-order valence-electron chi connectivity index (χ2n) is 6.75. The standard InChI is InChI=1S/C18H26Br2N4O4/c1-13(19)15(25)27-9-5-7-17(3,11-21)23-24-18(4,12-22)8-6-10-28-16(26)14(2)20/h13-14H,5-10H2,1-4H3. The molecule has 0 bridgehead atoms. The molecule has 0 rings (SSSR count). The molecule has 0 aromatic rings. The number of hydrogen-bond acceptors (Lipinski definition) is 8. The number of carbonyl (C=O) groups is 2. The first-order chi connectivity index (χ1) is 13.0. The van der Waals surface area contributed by atoms with Crippen LogP contribution in [-0.2, 0) is 19.1 Å². The fraction of sp³-hybridized carbons (Fsp3) is 0.778. The molecule has 10 heteroatoms. The molecule has 0 amide bonds. The summed E-state index contributed by atoms with van der Waals surface area (Å²) in [7, 11) is 0. The lowest BCUT2D eigenvalue weighted by Gasteiger charge is -2.19. The van der Waals surface area contributed by atoms with Gasteiger partial charge in [0.25, 0.3) is 0 Å². The van der Waals surface area contributed by atoms with Crippen molar-refractivity contribution in [2.24, 2.45) is 10.2 Å². The van der Waals surface area contributed by atoms with E-state index in [9.17, 15) is 20.1 Å². The van der Waals surface area contributed by atoms with Crippen molar-refractivity contribution < 1.29 is 19.1 Å². The summed E-state index contributed by atoms with van der Waals surface area (Å²) in [4.78, 5) is 22.0. The fourth-order valence-corrected chi connectivity index (χ4v) is 2.15. The molecule has 4 atom stereocenters. The van der Waals surface area contributed by atoms with Gasteiger partial charge in [-0.15, -0.1) is 0 Å². The van der Waals surface area contributed by atoms with E-state index in [2.05, 4.69) is 54.2 Å². The zero-order valence-electron chi connectivity index (χ0n) is 16.6. The molecule has 0 N–H and O–H groups in total. The van der Waals surface area contributed by atoms with E-state index >= 15 is 0 Å². The van der Waals surface area contributed by atoms with Gasteiger partial charge in [0.05, 0.1) is 25.4 Å². The number of nitriles is 2. The van der Waals surface area contributed by atoms with Crippen LogP contribution >= 0.6 is 31.9 Å². The van der Waals surface area contributed by atoms with Crippen molar-refractivity contribution in [3.63, 3.8) is 0 Å². The molecule has 8 nitrogen and oxygen atoms in total. The smallest absolute Gasteiger partial charge is 0.319 e. The Kier molecular flexibility index (Phi) is 12.1. The number of ether oxygens (including phenoxy) is 2. The Labute approximate surface area is 182 Å². The van der Waals surface area contributed by atoms with Crippen molar-refractivity contribution in [3.05, 3.63) is 0 Å². The molecule has 0 aromatic carbocycles. The van der Waals surface area contributed by atoms with Crippen LogP contribution in [0.1, 0.15) is 53.4 Å². The van der Waals surface area contributed by atoms with Crippen molar-refractivity contribution in [1.82, 2.24) is 0 Å². The Hall–Kier alpha value is -1.52. The van der Waals surface area contributed by atoms with Crippen LogP contribution in [-0.4, -0.2) is 45.9 Å². The maximum Gasteiger partial charge on any atom is 0.319 e. The monoisotopic (exact) mass is 520 g/mol. The van der Waals surface area contributed by atoms with Crippen LogP contribution in [0, 0.1) is 22.7 Å². The molecular weight excluding hydrogens is 496 g/mol. The van der Waals surface area contributed by atoms with Gasteiger partial charge in [0.15, 0.2) is 11.1 Å². The molecule has 0 aliphatic heterocycles. The van der Waals surface area contributed by atoms with Gasteiger partial charge in [-0.1, -0.05) is 31.9 Å². The number of rotatable bonds is 12. The van der Waals surface area contributed by atoms with Crippen molar-refractivity contribution in [2.45, 2.75) is 74.1 Å². The highest BCUT2D eigenvalue weighted by Gasteiger charge is 2.28. The van der Waals surface area contributed by atoms with E-state index < -0.39 is 11.1 Å². The van der Waals surface area contributed by atoms with Gasteiger partial charge in [0.1, 0.15) is 9.65 Å². The summed E-state index contributed by atoms with van der Waals surface area (Å²) < 4.78 is 10.1. The summed E-state index contributed by atoms with van der Waals surface area (Å²) in [5.41, 5.74) is -2.25. The van der Waals surface area contributed by atoms with Crippen LogP contribution in [0.15, 0.2) is 10.2 Å². The van der Waals surface area contributed by atoms with Gasteiger partial charge in [0.2, 0.25) is 0 Å². The summed E-state index contributed by atoms with van der Waals surface area (Å²) in [5, 5.41) is 27.0. The van der Waals surface area contributed by atoms with E-state index in [0.29, 0.717) is 25.7 Å². The second kappa shape index (κ2) is 12.8. The molecule has 0 radical (unpaired) electrons. The van der Waals surface area contributed by atoms with Crippen LogP contribution in [0.5, 0.6) is 0 Å². The first kappa shape index (κ1) is 26.5. The summed E-state index contributed by atoms with van der Waals surface area (Å²) in [6, 6.07) is 4.17. The molecule has 0 saturated heterocycles. The van der Waals surface area contributed by atoms with Crippen molar-refractivity contribution in [3.8, 4) is 12.1 Å². The number of azo groups is 1. The van der Waals surface area contributed by atoms with Crippen LogP contribution < -0.4 is 0 Å². The van der Waals surface area contributed by atoms with Gasteiger partial charge in [-0.05, 0) is 53.4 Å². The quantitative estimate of drug-likeness (QED) is 0.164. The van der Waals surface area contributed by atoms with Gasteiger partial charge in [-0.25, -0.2) is 0 Å². The Bertz CT molecular complexity index is 588. The van der Waals surface area contributed by atoms with Crippen LogP contribution in [0.4, 0.5) is 0 Å². The number of carbonyl (C=O) groups excluding carboxylic acids is 2. The summed E-state index contributed by atoms with van der Waals surface area (Å²) in [6.45, 7) is 6.91. The summed E-state index contributed by atoms with van der Waals surface area (Å²) in [6.07, 6.45) is 1.55. The molecule has 156 valence electrons. The third kappa shape index (κ3) is 10.7. The van der Waals surface area contributed by atoms with Crippen molar-refractivity contribution in [2.75, 3.05) is 13.2 Å². The van der Waals surface area contributed by atoms with Crippen LogP contribution in [0.3, 0.4) is 0 Å². The molecule has 0 aromatic heterocycles. The highest BCUT2D eigenvalue weighted by molar-refractivity contribution is 9.10. The van der Waals surface area contributed by atoms with E-state index in [-0.39, 0.29) is 34.8 Å². The molecule has 4 unspecified atom stereocenters. The zero-order chi connectivity index (χ0) is 21.8. The molecule has 0 aliphatic rings. The predicted molar refractivity (Wildman–Crippen MR) is 110 cm³/mol. The average molecular weight is 522 g/mol. The number of halogens is 2. The first-order valence-corrected chi connectivity index (χ1v) is 10.7. The molecule has 0 fully saturated rings. The lowest BCUT2D eigenvalue weighted by Crippen LogP contribution is -2.25. The minimum Gasteiger partial charge on any atom is -0.465 e. The lowest BCUT2D eigenvalue weighted by molar-refractivity contribution is -0.143. The Morgan fingerprint density at radius 3 is 1.46 bits per heavy atom. The van der Waals surface area contributed by atoms with Crippen LogP contribution in [0.2, 0.25) is 0 Å². The van der Waals surface area contributed by atoms with Gasteiger partial charge in [-0.2, -0.15) is 20.8 Å². The molecule has 0 aliphatic carbocycles. The minimum atomic E-state index is -1.12. The second-order valence-corrected chi connectivity index (χ2v) is 9.49. The van der Waals surface area contributed by atoms with E-state index in [1.54, 1.807) is 27.7 Å². The van der Waals surface area contributed by atoms with E-state index in [1.165, 1.54) is 0 Å². The minimum absolute atomic E-state index is 0.175. The molecule has 0 spiro atoms. The number of alkyl halides is 2. The molecule has 0 heterocycles. The maximum absolute atomic E-state index is 11.4. The molecule has 0 saturated carbocycles. The third-order valence-electron chi connectivity index (χ3n) is 3.73. The summed E-state index contributed by atoms with van der Waals surface area (Å²) in [5.74, 6) is -0.736. The van der Waals surface area contributed by atoms with Gasteiger partial charge in [-0.3, -0.25) is 9.59 Å². The molecular formula is C18H26Br2N4O4. The van der Waals surface area contributed by atoms with Crippen molar-refractivity contribution >= 4 is 43.8 Å². The van der Waals surface area contributed by atoms with Gasteiger partial charge in [0, 0.05) is 0 Å². The van der Waals surface area contributed by atoms with Gasteiger partial charge >= 0.3 is 11.9 Å². The number of esters is 2. The Morgan fingerprint density at radius 1 is 0.893 bits per heavy atom. The van der Waals surface area contributed by atoms with Gasteiger partial charge < -0.3 is 9.47 Å². The highest BCUT2D eigenvalue weighted by atomic mass is 79.9. The first-order valence-electron chi connectivity index (χ1n) is 8.86. The topological polar surface area (TPSA) is 125 Å². The molecule has 28 heavy (non-hydrogen) atoms. The fourth-order valence-electron chi connectivity index (χ4n) is 1.89. The summed E-state index contributed by atoms with van der Waals surface area (Å²) >= 11 is 6.24. The SMILES string of the molecule is CC(Br)C(=O)OCCCC(C)(C#N)N=NC(C)(C#N)CCCOC(=O)C(C)Br. The zero-order valence-corrected chi connectivity index (χ0v) is 19.7. The largest absolute Gasteiger partial charge is 0.465 e. The Balaban J connectivity index is 4.63. The highest BCUT2D eigenvalue weighted by Crippen LogP contribution is 2.23. The number of nitrogens with zero attached hydrogens (tertiary/aromatic N) is 4. The van der Waals surface area contributed by atoms with Crippen molar-refractivity contribution in [1.29, 1.82) is 10.5 Å².